The molecule has 18 heavy (non-hydrogen) atoms. The van der Waals surface area contributed by atoms with Gasteiger partial charge in [-0.05, 0) is 42.4 Å². The van der Waals surface area contributed by atoms with Gasteiger partial charge in [0.2, 0.25) is 0 Å². The van der Waals surface area contributed by atoms with Crippen LogP contribution in [-0.2, 0) is 11.3 Å². The van der Waals surface area contributed by atoms with Gasteiger partial charge in [0.1, 0.15) is 5.82 Å². The van der Waals surface area contributed by atoms with Gasteiger partial charge in [-0.1, -0.05) is 19.9 Å². The van der Waals surface area contributed by atoms with Gasteiger partial charge in [0.15, 0.2) is 0 Å². The summed E-state index contributed by atoms with van der Waals surface area (Å²) in [7, 11) is 0. The van der Waals surface area contributed by atoms with E-state index in [1.807, 2.05) is 13.8 Å². The van der Waals surface area contributed by atoms with Crippen LogP contribution in [0.1, 0.15) is 25.0 Å². The van der Waals surface area contributed by atoms with Crippen LogP contribution in [-0.4, -0.2) is 29.1 Å². The third kappa shape index (κ3) is 4.67. The van der Waals surface area contributed by atoms with E-state index in [1.54, 1.807) is 6.07 Å². The van der Waals surface area contributed by atoms with Crippen LogP contribution in [0.25, 0.3) is 6.08 Å². The molecular formula is C14H18FNO2. The van der Waals surface area contributed by atoms with E-state index in [9.17, 15) is 9.18 Å². The van der Waals surface area contributed by atoms with E-state index < -0.39 is 5.97 Å². The molecule has 1 N–H and O–H groups in total. The van der Waals surface area contributed by atoms with E-state index >= 15 is 0 Å². The highest BCUT2D eigenvalue weighted by Gasteiger charge is 2.04. The summed E-state index contributed by atoms with van der Waals surface area (Å²) in [5.41, 5.74) is 1.42. The summed E-state index contributed by atoms with van der Waals surface area (Å²) in [4.78, 5) is 12.6. The summed E-state index contributed by atoms with van der Waals surface area (Å²) in [6.07, 6.45) is 2.41. The molecule has 0 saturated carbocycles. The first kappa shape index (κ1) is 14.4. The number of halogens is 1. The molecule has 0 radical (unpaired) electrons. The number of carboxylic acid groups (broad SMARTS) is 1. The number of carboxylic acids is 1. The SMILES string of the molecule is CCN(CC)Cc1cc(F)cc(C=CC(=O)O)c1. The minimum atomic E-state index is -1.04. The summed E-state index contributed by atoms with van der Waals surface area (Å²) >= 11 is 0. The number of benzene rings is 1. The topological polar surface area (TPSA) is 40.5 Å². The number of hydrogen-bond donors (Lipinski definition) is 1. The Balaban J connectivity index is 2.90. The third-order valence-electron chi connectivity index (χ3n) is 2.70. The van der Waals surface area contributed by atoms with E-state index in [1.165, 1.54) is 18.2 Å². The fourth-order valence-corrected chi connectivity index (χ4v) is 1.74. The molecule has 0 spiro atoms. The van der Waals surface area contributed by atoms with Crippen molar-refractivity contribution in [1.82, 2.24) is 4.90 Å². The van der Waals surface area contributed by atoms with E-state index in [4.69, 9.17) is 5.11 Å². The Bertz CT molecular complexity index is 439. The molecule has 0 fully saturated rings. The van der Waals surface area contributed by atoms with Gasteiger partial charge in [-0.3, -0.25) is 4.90 Å². The molecule has 0 bridgehead atoms. The first-order valence-corrected chi connectivity index (χ1v) is 5.98. The Morgan fingerprint density at radius 2 is 2.00 bits per heavy atom. The summed E-state index contributed by atoms with van der Waals surface area (Å²) in [6, 6.07) is 4.61. The lowest BCUT2D eigenvalue weighted by Gasteiger charge is -2.18. The van der Waals surface area contributed by atoms with Gasteiger partial charge >= 0.3 is 5.97 Å². The van der Waals surface area contributed by atoms with Crippen LogP contribution in [0.5, 0.6) is 0 Å². The maximum absolute atomic E-state index is 13.4. The average molecular weight is 251 g/mol. The highest BCUT2D eigenvalue weighted by molar-refractivity contribution is 5.85. The Labute approximate surface area is 107 Å². The van der Waals surface area contributed by atoms with Gasteiger partial charge in [0.25, 0.3) is 0 Å². The van der Waals surface area contributed by atoms with Crippen molar-refractivity contribution in [1.29, 1.82) is 0 Å². The van der Waals surface area contributed by atoms with Crippen molar-refractivity contribution in [3.63, 3.8) is 0 Å². The minimum absolute atomic E-state index is 0.343. The molecular weight excluding hydrogens is 233 g/mol. The van der Waals surface area contributed by atoms with Gasteiger partial charge in [0.05, 0.1) is 0 Å². The molecule has 0 saturated heterocycles. The predicted molar refractivity (Wildman–Crippen MR) is 69.7 cm³/mol. The lowest BCUT2D eigenvalue weighted by molar-refractivity contribution is -0.131. The molecule has 0 aromatic heterocycles. The number of nitrogens with zero attached hydrogens (tertiary/aromatic N) is 1. The molecule has 4 heteroatoms. The monoisotopic (exact) mass is 251 g/mol. The molecule has 0 heterocycles. The standard InChI is InChI=1S/C14H18FNO2/c1-3-16(4-2)10-12-7-11(5-6-14(17)18)8-13(15)9-12/h5-9H,3-4,10H2,1-2H3,(H,17,18). The zero-order valence-electron chi connectivity index (χ0n) is 10.7. The second-order valence-corrected chi connectivity index (χ2v) is 4.03. The molecule has 0 amide bonds. The van der Waals surface area contributed by atoms with Gasteiger partial charge in [-0.15, -0.1) is 0 Å². The summed E-state index contributed by atoms with van der Waals surface area (Å²) in [5, 5.41) is 8.55. The lowest BCUT2D eigenvalue weighted by atomic mass is 10.1. The van der Waals surface area contributed by atoms with Crippen molar-refractivity contribution in [3.05, 3.63) is 41.2 Å². The molecule has 0 aliphatic carbocycles. The number of carbonyl (C=O) groups is 1. The first-order valence-electron chi connectivity index (χ1n) is 5.98. The van der Waals surface area contributed by atoms with Crippen molar-refractivity contribution in [2.45, 2.75) is 20.4 Å². The second kappa shape index (κ2) is 6.91. The highest BCUT2D eigenvalue weighted by Crippen LogP contribution is 2.13. The first-order chi connectivity index (χ1) is 8.55. The van der Waals surface area contributed by atoms with Crippen LogP contribution in [0.2, 0.25) is 0 Å². The maximum Gasteiger partial charge on any atom is 0.328 e. The summed E-state index contributed by atoms with van der Waals surface area (Å²) < 4.78 is 13.4. The van der Waals surface area contributed by atoms with Crippen LogP contribution in [0.4, 0.5) is 4.39 Å². The Morgan fingerprint density at radius 1 is 1.33 bits per heavy atom. The fraction of sp³-hybridized carbons (Fsp3) is 0.357. The molecule has 0 atom stereocenters. The molecule has 1 aromatic carbocycles. The smallest absolute Gasteiger partial charge is 0.328 e. The predicted octanol–water partition coefficient (Wildman–Crippen LogP) is 2.77. The van der Waals surface area contributed by atoms with Gasteiger partial charge in [0, 0.05) is 12.6 Å². The Kier molecular flexibility index (Phi) is 5.52. The number of rotatable bonds is 6. The van der Waals surface area contributed by atoms with Crippen molar-refractivity contribution >= 4 is 12.0 Å². The van der Waals surface area contributed by atoms with Crippen molar-refractivity contribution in [3.8, 4) is 0 Å². The number of hydrogen-bond acceptors (Lipinski definition) is 2. The Hall–Kier alpha value is -1.68. The quantitative estimate of drug-likeness (QED) is 0.790. The second-order valence-electron chi connectivity index (χ2n) is 4.03. The van der Waals surface area contributed by atoms with Gasteiger partial charge in [-0.25, -0.2) is 9.18 Å². The maximum atomic E-state index is 13.4. The highest BCUT2D eigenvalue weighted by atomic mass is 19.1. The lowest BCUT2D eigenvalue weighted by Crippen LogP contribution is -2.22. The molecule has 0 aliphatic rings. The van der Waals surface area contributed by atoms with Crippen LogP contribution >= 0.6 is 0 Å². The largest absolute Gasteiger partial charge is 0.478 e. The fourth-order valence-electron chi connectivity index (χ4n) is 1.74. The Morgan fingerprint density at radius 3 is 2.56 bits per heavy atom. The van der Waals surface area contributed by atoms with E-state index in [0.29, 0.717) is 12.1 Å². The van der Waals surface area contributed by atoms with Crippen LogP contribution in [0.3, 0.4) is 0 Å². The van der Waals surface area contributed by atoms with Crippen molar-refractivity contribution in [2.24, 2.45) is 0 Å². The molecule has 98 valence electrons. The summed E-state index contributed by atoms with van der Waals surface area (Å²) in [5.74, 6) is -1.38. The van der Waals surface area contributed by atoms with Crippen LogP contribution in [0.15, 0.2) is 24.3 Å². The summed E-state index contributed by atoms with van der Waals surface area (Å²) in [6.45, 7) is 6.56. The van der Waals surface area contributed by atoms with Crippen LogP contribution in [0, 0.1) is 5.82 Å². The van der Waals surface area contributed by atoms with Gasteiger partial charge < -0.3 is 5.11 Å². The van der Waals surface area contributed by atoms with Gasteiger partial charge in [-0.2, -0.15) is 0 Å². The average Bonchev–Trinajstić information content (AvgIpc) is 2.33. The molecule has 3 nitrogen and oxygen atoms in total. The minimum Gasteiger partial charge on any atom is -0.478 e. The molecule has 1 aromatic rings. The third-order valence-corrected chi connectivity index (χ3v) is 2.70. The van der Waals surface area contributed by atoms with Crippen molar-refractivity contribution < 1.29 is 14.3 Å². The van der Waals surface area contributed by atoms with E-state index in [-0.39, 0.29) is 5.82 Å². The van der Waals surface area contributed by atoms with E-state index in [0.717, 1.165) is 24.7 Å². The number of aliphatic carboxylic acids is 1. The zero-order chi connectivity index (χ0) is 13.5. The normalized spacial score (nSPS) is 11.3. The molecule has 0 unspecified atom stereocenters. The molecule has 1 rings (SSSR count). The van der Waals surface area contributed by atoms with Crippen LogP contribution < -0.4 is 0 Å². The zero-order valence-corrected chi connectivity index (χ0v) is 10.7. The molecule has 0 aliphatic heterocycles. The van der Waals surface area contributed by atoms with Crippen molar-refractivity contribution in [2.75, 3.05) is 13.1 Å². The van der Waals surface area contributed by atoms with E-state index in [2.05, 4.69) is 4.90 Å².